The lowest BCUT2D eigenvalue weighted by atomic mass is 9.98. The number of carbonyl (C=O) groups is 1. The topological polar surface area (TPSA) is 46.1 Å². The van der Waals surface area contributed by atoms with Gasteiger partial charge in [-0.2, -0.15) is 0 Å². The SMILES string of the molecule is Cc1nccc(-c2ccccc2)c1C(=O)N(Cc1ccccn1)CC(C)C. The fourth-order valence-corrected chi connectivity index (χ4v) is 3.20. The molecular weight excluding hydrogens is 334 g/mol. The predicted molar refractivity (Wildman–Crippen MR) is 108 cm³/mol. The molecule has 0 spiro atoms. The molecule has 0 saturated heterocycles. The quantitative estimate of drug-likeness (QED) is 0.638. The van der Waals surface area contributed by atoms with E-state index in [0.717, 1.165) is 22.5 Å². The van der Waals surface area contributed by atoms with Gasteiger partial charge in [-0.3, -0.25) is 14.8 Å². The minimum Gasteiger partial charge on any atom is -0.332 e. The summed E-state index contributed by atoms with van der Waals surface area (Å²) in [6.45, 7) is 7.28. The molecule has 0 radical (unpaired) electrons. The van der Waals surface area contributed by atoms with Gasteiger partial charge in [0.2, 0.25) is 0 Å². The van der Waals surface area contributed by atoms with E-state index in [0.29, 0.717) is 24.6 Å². The Balaban J connectivity index is 2.01. The number of amides is 1. The standard InChI is InChI=1S/C23H25N3O/c1-17(2)15-26(16-20-11-7-8-13-25-20)23(27)22-18(3)24-14-12-21(22)19-9-5-4-6-10-19/h4-14,17H,15-16H2,1-3H3. The summed E-state index contributed by atoms with van der Waals surface area (Å²) < 4.78 is 0. The van der Waals surface area contributed by atoms with Gasteiger partial charge in [0.05, 0.1) is 23.5 Å². The van der Waals surface area contributed by atoms with Crippen LogP contribution in [0.3, 0.4) is 0 Å². The Morgan fingerprint density at radius 3 is 2.37 bits per heavy atom. The zero-order valence-corrected chi connectivity index (χ0v) is 16.1. The summed E-state index contributed by atoms with van der Waals surface area (Å²) in [5, 5.41) is 0. The van der Waals surface area contributed by atoms with Crippen LogP contribution in [0.15, 0.2) is 67.0 Å². The van der Waals surface area contributed by atoms with E-state index in [-0.39, 0.29) is 5.91 Å². The van der Waals surface area contributed by atoms with Crippen LogP contribution in [0.1, 0.15) is 35.6 Å². The molecule has 0 N–H and O–H groups in total. The Morgan fingerprint density at radius 2 is 1.70 bits per heavy atom. The number of hydrogen-bond acceptors (Lipinski definition) is 3. The van der Waals surface area contributed by atoms with Crippen LogP contribution in [0.2, 0.25) is 0 Å². The molecule has 1 aromatic carbocycles. The molecule has 0 unspecified atom stereocenters. The van der Waals surface area contributed by atoms with Crippen LogP contribution in [0.4, 0.5) is 0 Å². The second-order valence-corrected chi connectivity index (χ2v) is 7.09. The fraction of sp³-hybridized carbons (Fsp3) is 0.261. The Hall–Kier alpha value is -3.01. The maximum atomic E-state index is 13.6. The third-order valence-corrected chi connectivity index (χ3v) is 4.39. The fourth-order valence-electron chi connectivity index (χ4n) is 3.20. The third-order valence-electron chi connectivity index (χ3n) is 4.39. The molecule has 0 aliphatic heterocycles. The molecule has 4 nitrogen and oxygen atoms in total. The van der Waals surface area contributed by atoms with E-state index in [1.54, 1.807) is 12.4 Å². The third kappa shape index (κ3) is 4.59. The average molecular weight is 359 g/mol. The van der Waals surface area contributed by atoms with E-state index in [4.69, 9.17) is 0 Å². The average Bonchev–Trinajstić information content (AvgIpc) is 2.68. The second-order valence-electron chi connectivity index (χ2n) is 7.09. The summed E-state index contributed by atoms with van der Waals surface area (Å²) in [7, 11) is 0. The Labute approximate surface area is 160 Å². The van der Waals surface area contributed by atoms with Crippen molar-refractivity contribution in [2.75, 3.05) is 6.54 Å². The van der Waals surface area contributed by atoms with Crippen molar-refractivity contribution in [2.24, 2.45) is 5.92 Å². The van der Waals surface area contributed by atoms with Gasteiger partial charge in [0.1, 0.15) is 0 Å². The number of pyridine rings is 2. The van der Waals surface area contributed by atoms with E-state index >= 15 is 0 Å². The summed E-state index contributed by atoms with van der Waals surface area (Å²) >= 11 is 0. The van der Waals surface area contributed by atoms with Crippen molar-refractivity contribution in [3.8, 4) is 11.1 Å². The van der Waals surface area contributed by atoms with Crippen molar-refractivity contribution in [3.63, 3.8) is 0 Å². The molecule has 3 rings (SSSR count). The molecule has 27 heavy (non-hydrogen) atoms. The first-order valence-electron chi connectivity index (χ1n) is 9.26. The first kappa shape index (κ1) is 18.8. The minimum absolute atomic E-state index is 0.00111. The molecule has 138 valence electrons. The molecule has 2 heterocycles. The predicted octanol–water partition coefficient (Wildman–Crippen LogP) is 4.75. The normalized spacial score (nSPS) is 10.8. The van der Waals surface area contributed by atoms with Gasteiger partial charge in [-0.1, -0.05) is 50.2 Å². The van der Waals surface area contributed by atoms with Gasteiger partial charge >= 0.3 is 0 Å². The summed E-state index contributed by atoms with van der Waals surface area (Å²) in [5.41, 5.74) is 4.24. The van der Waals surface area contributed by atoms with Crippen LogP contribution < -0.4 is 0 Å². The zero-order chi connectivity index (χ0) is 19.2. The van der Waals surface area contributed by atoms with E-state index in [1.165, 1.54) is 0 Å². The van der Waals surface area contributed by atoms with E-state index in [2.05, 4.69) is 23.8 Å². The lowest BCUT2D eigenvalue weighted by Gasteiger charge is -2.26. The number of benzene rings is 1. The summed E-state index contributed by atoms with van der Waals surface area (Å²) in [6, 6.07) is 17.7. The summed E-state index contributed by atoms with van der Waals surface area (Å²) in [6.07, 6.45) is 3.53. The van der Waals surface area contributed by atoms with Crippen molar-refractivity contribution in [2.45, 2.75) is 27.3 Å². The first-order chi connectivity index (χ1) is 13.1. The van der Waals surface area contributed by atoms with Gasteiger partial charge in [-0.15, -0.1) is 0 Å². The summed E-state index contributed by atoms with van der Waals surface area (Å²) in [5.74, 6) is 0.355. The zero-order valence-electron chi connectivity index (χ0n) is 16.1. The minimum atomic E-state index is -0.00111. The van der Waals surface area contributed by atoms with Crippen molar-refractivity contribution in [3.05, 3.63) is 83.9 Å². The maximum absolute atomic E-state index is 13.6. The molecule has 3 aromatic rings. The highest BCUT2D eigenvalue weighted by molar-refractivity contribution is 6.01. The first-order valence-corrected chi connectivity index (χ1v) is 9.26. The number of aromatic nitrogens is 2. The van der Waals surface area contributed by atoms with Gasteiger partial charge in [0.25, 0.3) is 5.91 Å². The molecule has 0 saturated carbocycles. The largest absolute Gasteiger partial charge is 0.332 e. The Morgan fingerprint density at radius 1 is 0.963 bits per heavy atom. The molecule has 0 aliphatic rings. The number of hydrogen-bond donors (Lipinski definition) is 0. The highest BCUT2D eigenvalue weighted by Gasteiger charge is 2.23. The van der Waals surface area contributed by atoms with Gasteiger partial charge in [-0.05, 0) is 42.2 Å². The van der Waals surface area contributed by atoms with Gasteiger partial charge in [0, 0.05) is 18.9 Å². The molecule has 4 heteroatoms. The maximum Gasteiger partial charge on any atom is 0.256 e. The lowest BCUT2D eigenvalue weighted by Crippen LogP contribution is -2.35. The Bertz CT molecular complexity index is 892. The van der Waals surface area contributed by atoms with Gasteiger partial charge < -0.3 is 4.90 Å². The number of rotatable bonds is 6. The number of nitrogens with zero attached hydrogens (tertiary/aromatic N) is 3. The van der Waals surface area contributed by atoms with Crippen LogP contribution in [-0.2, 0) is 6.54 Å². The molecule has 0 aliphatic carbocycles. The molecule has 2 aromatic heterocycles. The van der Waals surface area contributed by atoms with Crippen LogP contribution in [-0.4, -0.2) is 27.3 Å². The summed E-state index contributed by atoms with van der Waals surface area (Å²) in [4.78, 5) is 24.2. The van der Waals surface area contributed by atoms with Crippen LogP contribution in [0.25, 0.3) is 11.1 Å². The highest BCUT2D eigenvalue weighted by atomic mass is 16.2. The molecule has 0 bridgehead atoms. The monoisotopic (exact) mass is 359 g/mol. The molecule has 0 atom stereocenters. The smallest absolute Gasteiger partial charge is 0.256 e. The molecule has 0 fully saturated rings. The van der Waals surface area contributed by atoms with E-state index < -0.39 is 0 Å². The van der Waals surface area contributed by atoms with Crippen molar-refractivity contribution >= 4 is 5.91 Å². The lowest BCUT2D eigenvalue weighted by molar-refractivity contribution is 0.0720. The van der Waals surface area contributed by atoms with E-state index in [9.17, 15) is 4.79 Å². The van der Waals surface area contributed by atoms with E-state index in [1.807, 2.05) is 66.4 Å². The Kier molecular flexibility index (Phi) is 5.97. The van der Waals surface area contributed by atoms with Crippen LogP contribution >= 0.6 is 0 Å². The second kappa shape index (κ2) is 8.58. The van der Waals surface area contributed by atoms with Crippen molar-refractivity contribution < 1.29 is 4.79 Å². The highest BCUT2D eigenvalue weighted by Crippen LogP contribution is 2.27. The number of carbonyl (C=O) groups excluding carboxylic acids is 1. The molecule has 1 amide bonds. The van der Waals surface area contributed by atoms with Gasteiger partial charge in [0.15, 0.2) is 0 Å². The van der Waals surface area contributed by atoms with Crippen LogP contribution in [0.5, 0.6) is 0 Å². The molecular formula is C23H25N3O. The van der Waals surface area contributed by atoms with Gasteiger partial charge in [-0.25, -0.2) is 0 Å². The van der Waals surface area contributed by atoms with Crippen molar-refractivity contribution in [1.82, 2.24) is 14.9 Å². The van der Waals surface area contributed by atoms with Crippen LogP contribution in [0, 0.1) is 12.8 Å². The van der Waals surface area contributed by atoms with Crippen molar-refractivity contribution in [1.29, 1.82) is 0 Å². The number of aryl methyl sites for hydroxylation is 1.